The SMILES string of the molecule is COC(=O)c1cc(NC(=O)c2cccnc2N2CCCC2)cc(C(=O)OC)c1. The highest BCUT2D eigenvalue weighted by Crippen LogP contribution is 2.24. The fourth-order valence-electron chi connectivity index (χ4n) is 3.12. The number of esters is 2. The molecular formula is C20H21N3O5. The fourth-order valence-corrected chi connectivity index (χ4v) is 3.12. The van der Waals surface area contributed by atoms with Gasteiger partial charge in [0, 0.05) is 25.0 Å². The zero-order chi connectivity index (χ0) is 20.1. The molecule has 1 aliphatic rings. The molecule has 1 aromatic heterocycles. The average molecular weight is 383 g/mol. The van der Waals surface area contributed by atoms with Gasteiger partial charge in [-0.05, 0) is 43.2 Å². The molecule has 0 radical (unpaired) electrons. The molecule has 0 saturated carbocycles. The highest BCUT2D eigenvalue weighted by Gasteiger charge is 2.21. The number of nitrogens with zero attached hydrogens (tertiary/aromatic N) is 2. The number of hydrogen-bond acceptors (Lipinski definition) is 7. The van der Waals surface area contributed by atoms with Crippen LogP contribution in [-0.4, -0.2) is 50.1 Å². The van der Waals surface area contributed by atoms with Crippen LogP contribution >= 0.6 is 0 Å². The van der Waals surface area contributed by atoms with Crippen molar-refractivity contribution in [3.63, 3.8) is 0 Å². The van der Waals surface area contributed by atoms with E-state index in [0.717, 1.165) is 25.9 Å². The first kappa shape index (κ1) is 19.3. The lowest BCUT2D eigenvalue weighted by Gasteiger charge is -2.19. The molecule has 0 spiro atoms. The van der Waals surface area contributed by atoms with Crippen molar-refractivity contribution in [3.05, 3.63) is 53.2 Å². The van der Waals surface area contributed by atoms with Gasteiger partial charge in [-0.2, -0.15) is 0 Å². The Kier molecular flexibility index (Phi) is 5.88. The van der Waals surface area contributed by atoms with Crippen LogP contribution < -0.4 is 10.2 Å². The number of amides is 1. The number of nitrogens with one attached hydrogen (secondary N) is 1. The Morgan fingerprint density at radius 3 is 2.18 bits per heavy atom. The lowest BCUT2D eigenvalue weighted by atomic mass is 10.1. The normalized spacial score (nSPS) is 13.1. The number of carbonyl (C=O) groups excluding carboxylic acids is 3. The third-order valence-electron chi connectivity index (χ3n) is 4.47. The van der Waals surface area contributed by atoms with Gasteiger partial charge in [-0.1, -0.05) is 0 Å². The van der Waals surface area contributed by atoms with Gasteiger partial charge < -0.3 is 19.7 Å². The van der Waals surface area contributed by atoms with Crippen LogP contribution in [0.4, 0.5) is 11.5 Å². The molecule has 1 aliphatic heterocycles. The molecule has 2 heterocycles. The summed E-state index contributed by atoms with van der Waals surface area (Å²) in [6.07, 6.45) is 3.76. The highest BCUT2D eigenvalue weighted by molar-refractivity contribution is 6.08. The molecular weight excluding hydrogens is 362 g/mol. The van der Waals surface area contributed by atoms with Crippen molar-refractivity contribution in [3.8, 4) is 0 Å². The van der Waals surface area contributed by atoms with Gasteiger partial charge in [-0.25, -0.2) is 14.6 Å². The van der Waals surface area contributed by atoms with Crippen LogP contribution in [0.15, 0.2) is 36.5 Å². The number of methoxy groups -OCH3 is 2. The Balaban J connectivity index is 1.92. The summed E-state index contributed by atoms with van der Waals surface area (Å²) in [4.78, 5) is 43.1. The molecule has 1 amide bonds. The largest absolute Gasteiger partial charge is 0.465 e. The average Bonchev–Trinajstić information content (AvgIpc) is 3.27. The Labute approximate surface area is 162 Å². The number of rotatable bonds is 5. The first-order valence-corrected chi connectivity index (χ1v) is 8.86. The van der Waals surface area contributed by atoms with Crippen molar-refractivity contribution in [1.29, 1.82) is 0 Å². The fraction of sp³-hybridized carbons (Fsp3) is 0.300. The number of benzene rings is 1. The van der Waals surface area contributed by atoms with Gasteiger partial charge in [-0.3, -0.25) is 4.79 Å². The zero-order valence-electron chi connectivity index (χ0n) is 15.7. The van der Waals surface area contributed by atoms with Crippen LogP contribution in [0.3, 0.4) is 0 Å². The number of ether oxygens (including phenoxy) is 2. The van der Waals surface area contributed by atoms with Gasteiger partial charge in [0.25, 0.3) is 5.91 Å². The number of carbonyl (C=O) groups is 3. The van der Waals surface area contributed by atoms with Crippen molar-refractivity contribution >= 4 is 29.4 Å². The first-order valence-electron chi connectivity index (χ1n) is 8.86. The van der Waals surface area contributed by atoms with E-state index in [9.17, 15) is 14.4 Å². The summed E-state index contributed by atoms with van der Waals surface area (Å²) in [5, 5.41) is 2.74. The minimum Gasteiger partial charge on any atom is -0.465 e. The summed E-state index contributed by atoms with van der Waals surface area (Å²) in [5.41, 5.74) is 0.968. The molecule has 8 heteroatoms. The maximum absolute atomic E-state index is 12.9. The van der Waals surface area contributed by atoms with Crippen LogP contribution in [0, 0.1) is 0 Å². The first-order chi connectivity index (χ1) is 13.5. The summed E-state index contributed by atoms with van der Waals surface area (Å²) >= 11 is 0. The van der Waals surface area contributed by atoms with E-state index in [1.165, 1.54) is 32.4 Å². The van der Waals surface area contributed by atoms with Gasteiger partial charge in [0.1, 0.15) is 5.82 Å². The summed E-state index contributed by atoms with van der Waals surface area (Å²) < 4.78 is 9.43. The molecule has 0 atom stereocenters. The molecule has 1 aromatic carbocycles. The standard InChI is InChI=1S/C20H21N3O5/c1-27-19(25)13-10-14(20(26)28-2)12-15(11-13)22-18(24)16-6-5-7-21-17(16)23-8-3-4-9-23/h5-7,10-12H,3-4,8-9H2,1-2H3,(H,22,24). The molecule has 2 aromatic rings. The second kappa shape index (κ2) is 8.51. The van der Waals surface area contributed by atoms with Gasteiger partial charge >= 0.3 is 11.9 Å². The zero-order valence-corrected chi connectivity index (χ0v) is 15.7. The van der Waals surface area contributed by atoms with Crippen molar-refractivity contribution < 1.29 is 23.9 Å². The molecule has 28 heavy (non-hydrogen) atoms. The van der Waals surface area contributed by atoms with Gasteiger partial charge in [0.15, 0.2) is 0 Å². The van der Waals surface area contributed by atoms with E-state index in [2.05, 4.69) is 15.2 Å². The van der Waals surface area contributed by atoms with E-state index < -0.39 is 11.9 Å². The third-order valence-corrected chi connectivity index (χ3v) is 4.47. The second-order valence-corrected chi connectivity index (χ2v) is 6.31. The third kappa shape index (κ3) is 4.11. The summed E-state index contributed by atoms with van der Waals surface area (Å²) in [6.45, 7) is 1.70. The van der Waals surface area contributed by atoms with Crippen LogP contribution in [0.1, 0.15) is 43.9 Å². The molecule has 1 N–H and O–H groups in total. The number of hydrogen-bond donors (Lipinski definition) is 1. The molecule has 0 aliphatic carbocycles. The van der Waals surface area contributed by atoms with E-state index in [-0.39, 0.29) is 22.7 Å². The van der Waals surface area contributed by atoms with Crippen molar-refractivity contribution in [2.45, 2.75) is 12.8 Å². The minimum absolute atomic E-state index is 0.131. The predicted octanol–water partition coefficient (Wildman–Crippen LogP) is 2.51. The maximum Gasteiger partial charge on any atom is 0.337 e. The molecule has 146 valence electrons. The Morgan fingerprint density at radius 2 is 1.61 bits per heavy atom. The smallest absolute Gasteiger partial charge is 0.337 e. The van der Waals surface area contributed by atoms with E-state index >= 15 is 0 Å². The second-order valence-electron chi connectivity index (χ2n) is 6.31. The molecule has 8 nitrogen and oxygen atoms in total. The topological polar surface area (TPSA) is 97.8 Å². The lowest BCUT2D eigenvalue weighted by Crippen LogP contribution is -2.24. The van der Waals surface area contributed by atoms with Crippen molar-refractivity contribution in [2.75, 3.05) is 37.5 Å². The number of pyridine rings is 1. The van der Waals surface area contributed by atoms with Crippen molar-refractivity contribution in [1.82, 2.24) is 4.98 Å². The van der Waals surface area contributed by atoms with Crippen molar-refractivity contribution in [2.24, 2.45) is 0 Å². The quantitative estimate of drug-likeness (QED) is 0.792. The van der Waals surface area contributed by atoms with E-state index in [1.54, 1.807) is 18.3 Å². The van der Waals surface area contributed by atoms with Gasteiger partial charge in [0.05, 0.1) is 30.9 Å². The van der Waals surface area contributed by atoms with E-state index in [4.69, 9.17) is 9.47 Å². The summed E-state index contributed by atoms with van der Waals surface area (Å²) in [5.74, 6) is -1.01. The Morgan fingerprint density at radius 1 is 1.00 bits per heavy atom. The van der Waals surface area contributed by atoms with Crippen LogP contribution in [0.5, 0.6) is 0 Å². The maximum atomic E-state index is 12.9. The Bertz CT molecular complexity index is 872. The number of aromatic nitrogens is 1. The highest BCUT2D eigenvalue weighted by atomic mass is 16.5. The minimum atomic E-state index is -0.625. The summed E-state index contributed by atoms with van der Waals surface area (Å²) in [6, 6.07) is 7.64. The Hall–Kier alpha value is -3.42. The van der Waals surface area contributed by atoms with Crippen LogP contribution in [-0.2, 0) is 9.47 Å². The lowest BCUT2D eigenvalue weighted by molar-refractivity contribution is 0.0599. The van der Waals surface area contributed by atoms with Crippen LogP contribution in [0.2, 0.25) is 0 Å². The van der Waals surface area contributed by atoms with E-state index in [0.29, 0.717) is 11.4 Å². The van der Waals surface area contributed by atoms with Crippen LogP contribution in [0.25, 0.3) is 0 Å². The molecule has 1 fully saturated rings. The number of anilines is 2. The molecule has 0 bridgehead atoms. The van der Waals surface area contributed by atoms with E-state index in [1.807, 2.05) is 0 Å². The molecule has 0 unspecified atom stereocenters. The predicted molar refractivity (Wildman–Crippen MR) is 103 cm³/mol. The van der Waals surface area contributed by atoms with Gasteiger partial charge in [-0.15, -0.1) is 0 Å². The molecule has 1 saturated heterocycles. The summed E-state index contributed by atoms with van der Waals surface area (Å²) in [7, 11) is 2.48. The van der Waals surface area contributed by atoms with Gasteiger partial charge in [0.2, 0.25) is 0 Å². The molecule has 3 rings (SSSR count). The monoisotopic (exact) mass is 383 g/mol.